The zero-order valence-corrected chi connectivity index (χ0v) is 24.8. The third-order valence-electron chi connectivity index (χ3n) is 8.86. The van der Waals surface area contributed by atoms with Crippen molar-refractivity contribution in [3.63, 3.8) is 0 Å². The first-order valence-electron chi connectivity index (χ1n) is 14.9. The van der Waals surface area contributed by atoms with Crippen LogP contribution in [0.25, 0.3) is 0 Å². The van der Waals surface area contributed by atoms with E-state index < -0.39 is 28.7 Å². The molecule has 4 heterocycles. The van der Waals surface area contributed by atoms with Crippen LogP contribution in [0.5, 0.6) is 0 Å². The molecule has 1 unspecified atom stereocenters. The molecule has 2 fully saturated rings. The fraction of sp³-hybridized carbons (Fsp3) is 0.594. The average Bonchev–Trinajstić information content (AvgIpc) is 3.27. The molecule has 1 N–H and O–H groups in total. The van der Waals surface area contributed by atoms with Gasteiger partial charge >= 0.3 is 0 Å². The third-order valence-corrected chi connectivity index (χ3v) is 10.6. The fourth-order valence-electron chi connectivity index (χ4n) is 7.09. The molecule has 0 radical (unpaired) electrons. The standard InChI is InChI=1S/C32H43N3O4S/c1-4-5-9-16-33-18-11-15-32-27(30(38)35(28(32)31(33)39)24(21-36)19-22(2)3)26-25(40-32)14-10-17-34(29(26)37)20-23-12-7-6-8-13-23/h6-8,10-15,22,24-28,36H,4-5,9,16-21H2,1-3H3/t24-,25+,26-,27+,28?,32+/m1/s1. The second-order valence-electron chi connectivity index (χ2n) is 12.1. The minimum atomic E-state index is -0.844. The Morgan fingerprint density at radius 3 is 2.45 bits per heavy atom. The van der Waals surface area contributed by atoms with Crippen molar-refractivity contribution < 1.29 is 19.5 Å². The Morgan fingerprint density at radius 1 is 1.00 bits per heavy atom. The number of aliphatic hydroxyl groups excluding tert-OH is 1. The second kappa shape index (κ2) is 12.1. The number of nitrogens with zero attached hydrogens (tertiary/aromatic N) is 3. The van der Waals surface area contributed by atoms with Gasteiger partial charge in [-0.25, -0.2) is 0 Å². The lowest BCUT2D eigenvalue weighted by Crippen LogP contribution is -2.56. The third kappa shape index (κ3) is 5.13. The molecule has 1 aromatic rings. The molecule has 6 atom stereocenters. The molecule has 216 valence electrons. The van der Waals surface area contributed by atoms with E-state index in [9.17, 15) is 19.5 Å². The highest BCUT2D eigenvalue weighted by Gasteiger charge is 2.71. The maximum atomic E-state index is 14.5. The van der Waals surface area contributed by atoms with Crippen molar-refractivity contribution in [1.82, 2.24) is 14.7 Å². The largest absolute Gasteiger partial charge is 0.394 e. The van der Waals surface area contributed by atoms with Crippen LogP contribution in [0.2, 0.25) is 0 Å². The molecule has 0 aliphatic carbocycles. The molecular formula is C32H43N3O4S. The molecule has 4 aliphatic rings. The first-order chi connectivity index (χ1) is 19.3. The summed E-state index contributed by atoms with van der Waals surface area (Å²) in [6.45, 7) is 8.19. The number of carbonyl (C=O) groups is 3. The molecule has 5 rings (SSSR count). The molecule has 0 saturated carbocycles. The summed E-state index contributed by atoms with van der Waals surface area (Å²) in [5.74, 6) is -1.23. The van der Waals surface area contributed by atoms with E-state index in [4.69, 9.17) is 0 Å². The maximum absolute atomic E-state index is 14.5. The van der Waals surface area contributed by atoms with E-state index in [0.29, 0.717) is 32.6 Å². The van der Waals surface area contributed by atoms with E-state index in [2.05, 4.69) is 32.9 Å². The van der Waals surface area contributed by atoms with Gasteiger partial charge in [-0.3, -0.25) is 14.4 Å². The molecule has 4 aliphatic heterocycles. The van der Waals surface area contributed by atoms with E-state index in [1.54, 1.807) is 16.7 Å². The first-order valence-corrected chi connectivity index (χ1v) is 15.8. The molecule has 0 aromatic heterocycles. The van der Waals surface area contributed by atoms with Crippen LogP contribution in [0.3, 0.4) is 0 Å². The summed E-state index contributed by atoms with van der Waals surface area (Å²) in [4.78, 5) is 48.6. The Labute approximate surface area is 242 Å². The monoisotopic (exact) mass is 565 g/mol. The minimum Gasteiger partial charge on any atom is -0.394 e. The molecule has 8 heteroatoms. The number of hydrogen-bond donors (Lipinski definition) is 1. The number of likely N-dealkylation sites (tertiary alicyclic amines) is 1. The number of unbranched alkanes of at least 4 members (excludes halogenated alkanes) is 2. The highest BCUT2D eigenvalue weighted by Crippen LogP contribution is 2.61. The van der Waals surface area contributed by atoms with Gasteiger partial charge in [-0.2, -0.15) is 0 Å². The van der Waals surface area contributed by atoms with Crippen molar-refractivity contribution >= 4 is 29.5 Å². The Kier molecular flexibility index (Phi) is 8.76. The van der Waals surface area contributed by atoms with Crippen LogP contribution < -0.4 is 0 Å². The van der Waals surface area contributed by atoms with Gasteiger partial charge in [-0.05, 0) is 24.3 Å². The van der Waals surface area contributed by atoms with Crippen LogP contribution in [-0.4, -0.2) is 85.8 Å². The predicted octanol–water partition coefficient (Wildman–Crippen LogP) is 3.88. The summed E-state index contributed by atoms with van der Waals surface area (Å²) >= 11 is 1.61. The van der Waals surface area contributed by atoms with Crippen molar-refractivity contribution in [3.05, 3.63) is 60.2 Å². The molecule has 0 bridgehead atoms. The highest BCUT2D eigenvalue weighted by molar-refractivity contribution is 8.02. The molecule has 7 nitrogen and oxygen atoms in total. The molecule has 1 spiro atoms. The van der Waals surface area contributed by atoms with Crippen LogP contribution in [0, 0.1) is 17.8 Å². The highest BCUT2D eigenvalue weighted by atomic mass is 32.2. The van der Waals surface area contributed by atoms with Gasteiger partial charge in [-0.1, -0.05) is 88.2 Å². The van der Waals surface area contributed by atoms with Gasteiger partial charge in [0.05, 0.1) is 29.2 Å². The number of amides is 3. The quantitative estimate of drug-likeness (QED) is 0.344. The topological polar surface area (TPSA) is 81.2 Å². The van der Waals surface area contributed by atoms with Gasteiger partial charge in [-0.15, -0.1) is 11.8 Å². The van der Waals surface area contributed by atoms with Crippen LogP contribution in [0.1, 0.15) is 52.0 Å². The Balaban J connectivity index is 1.54. The van der Waals surface area contributed by atoms with E-state index in [1.807, 2.05) is 52.3 Å². The molecule has 3 amide bonds. The Morgan fingerprint density at radius 2 is 1.75 bits per heavy atom. The molecule has 2 saturated heterocycles. The van der Waals surface area contributed by atoms with Crippen LogP contribution >= 0.6 is 11.8 Å². The van der Waals surface area contributed by atoms with Crippen molar-refractivity contribution in [3.8, 4) is 0 Å². The number of carbonyl (C=O) groups excluding carboxylic acids is 3. The van der Waals surface area contributed by atoms with E-state index >= 15 is 0 Å². The fourth-order valence-corrected chi connectivity index (χ4v) is 9.08. The van der Waals surface area contributed by atoms with Crippen molar-refractivity contribution in [2.45, 2.75) is 75.1 Å². The lowest BCUT2D eigenvalue weighted by Gasteiger charge is -2.39. The number of benzene rings is 1. The molecule has 40 heavy (non-hydrogen) atoms. The number of fused-ring (bicyclic) bond motifs is 2. The van der Waals surface area contributed by atoms with Gasteiger partial charge in [0.25, 0.3) is 0 Å². The number of thioether (sulfide) groups is 1. The SMILES string of the molecule is CCCCCN1CC=C[C@]23S[C@H]4C=CCN(Cc5ccccc5)C(=O)[C@H]4[C@H]2C(=O)N([C@@H](CO)CC(C)C)C3C1=O. The zero-order valence-electron chi connectivity index (χ0n) is 23.9. The van der Waals surface area contributed by atoms with E-state index in [-0.39, 0.29) is 35.5 Å². The molecular weight excluding hydrogens is 522 g/mol. The second-order valence-corrected chi connectivity index (χ2v) is 13.6. The summed E-state index contributed by atoms with van der Waals surface area (Å²) in [6, 6.07) is 8.73. The van der Waals surface area contributed by atoms with E-state index in [1.165, 1.54) is 0 Å². The van der Waals surface area contributed by atoms with Gasteiger partial charge in [0.1, 0.15) is 6.04 Å². The lowest BCUT2D eigenvalue weighted by atomic mass is 9.78. The van der Waals surface area contributed by atoms with Gasteiger partial charge in [0.2, 0.25) is 17.7 Å². The van der Waals surface area contributed by atoms with Crippen molar-refractivity contribution in [2.75, 3.05) is 26.2 Å². The smallest absolute Gasteiger partial charge is 0.247 e. The normalized spacial score (nSPS) is 30.4. The average molecular weight is 566 g/mol. The lowest BCUT2D eigenvalue weighted by molar-refractivity contribution is -0.147. The zero-order chi connectivity index (χ0) is 28.4. The first kappa shape index (κ1) is 28.9. The summed E-state index contributed by atoms with van der Waals surface area (Å²) in [5.41, 5.74) is 1.05. The van der Waals surface area contributed by atoms with E-state index in [0.717, 1.165) is 24.8 Å². The van der Waals surface area contributed by atoms with Crippen LogP contribution in [-0.2, 0) is 20.9 Å². The maximum Gasteiger partial charge on any atom is 0.247 e. The number of aliphatic hydroxyl groups is 1. The van der Waals surface area contributed by atoms with Gasteiger partial charge < -0.3 is 19.8 Å². The van der Waals surface area contributed by atoms with Crippen molar-refractivity contribution in [1.29, 1.82) is 0 Å². The molecule has 1 aromatic carbocycles. The summed E-state index contributed by atoms with van der Waals surface area (Å²) in [5, 5.41) is 10.3. The Hall–Kier alpha value is -2.58. The summed E-state index contributed by atoms with van der Waals surface area (Å²) in [7, 11) is 0. The number of rotatable bonds is 10. The summed E-state index contributed by atoms with van der Waals surface area (Å²) < 4.78 is -0.844. The van der Waals surface area contributed by atoms with Crippen LogP contribution in [0.15, 0.2) is 54.6 Å². The minimum absolute atomic E-state index is 0.0310. The predicted molar refractivity (Wildman–Crippen MR) is 158 cm³/mol. The Bertz CT molecular complexity index is 1150. The van der Waals surface area contributed by atoms with Gasteiger partial charge in [0, 0.05) is 31.4 Å². The summed E-state index contributed by atoms with van der Waals surface area (Å²) in [6.07, 6.45) is 11.9. The van der Waals surface area contributed by atoms with Crippen LogP contribution in [0.4, 0.5) is 0 Å². The number of hydrogen-bond acceptors (Lipinski definition) is 5. The van der Waals surface area contributed by atoms with Gasteiger partial charge in [0.15, 0.2) is 0 Å². The van der Waals surface area contributed by atoms with Crippen molar-refractivity contribution in [2.24, 2.45) is 17.8 Å².